The Kier molecular flexibility index (Phi) is 4.59. The van der Waals surface area contributed by atoms with Crippen LogP contribution in [-0.4, -0.2) is 22.9 Å². The maximum atomic E-state index is 9.33. The molecule has 1 rings (SSSR count). The molecule has 0 aliphatic rings. The smallest absolute Gasteiger partial charge is 0.115 e. The molecule has 15 heavy (non-hydrogen) atoms. The number of hydrogen-bond acceptors (Lipinski definition) is 3. The van der Waals surface area contributed by atoms with Gasteiger partial charge in [-0.05, 0) is 31.0 Å². The van der Waals surface area contributed by atoms with Gasteiger partial charge in [0.2, 0.25) is 0 Å². The minimum atomic E-state index is 0.113. The Morgan fingerprint density at radius 2 is 2.13 bits per heavy atom. The Labute approximate surface area is 90.8 Å². The minimum Gasteiger partial charge on any atom is -0.508 e. The molecule has 3 nitrogen and oxygen atoms in total. The first-order valence-electron chi connectivity index (χ1n) is 5.33. The number of rotatable bonds is 5. The molecule has 0 fully saturated rings. The van der Waals surface area contributed by atoms with Crippen molar-refractivity contribution in [3.8, 4) is 5.75 Å². The summed E-state index contributed by atoms with van der Waals surface area (Å²) >= 11 is 0. The zero-order chi connectivity index (χ0) is 11.3. The second kappa shape index (κ2) is 5.73. The van der Waals surface area contributed by atoms with Gasteiger partial charge in [0, 0.05) is 12.1 Å². The lowest BCUT2D eigenvalue weighted by molar-refractivity contribution is 0.230. The van der Waals surface area contributed by atoms with Crippen molar-refractivity contribution in [1.82, 2.24) is 5.32 Å². The third-order valence-corrected chi connectivity index (χ3v) is 2.57. The van der Waals surface area contributed by atoms with Crippen LogP contribution in [0, 0.1) is 0 Å². The van der Waals surface area contributed by atoms with Crippen molar-refractivity contribution in [3.63, 3.8) is 0 Å². The Morgan fingerprint density at radius 3 is 2.67 bits per heavy atom. The maximum Gasteiger partial charge on any atom is 0.115 e. The molecule has 0 radical (unpaired) electrons. The van der Waals surface area contributed by atoms with Gasteiger partial charge in [0.25, 0.3) is 0 Å². The third kappa shape index (κ3) is 3.53. The van der Waals surface area contributed by atoms with E-state index in [2.05, 4.69) is 5.32 Å². The number of hydrogen-bond donors (Lipinski definition) is 3. The number of aliphatic hydroxyl groups is 1. The molecular formula is C12H19NO2. The molecule has 0 saturated heterocycles. The highest BCUT2D eigenvalue weighted by atomic mass is 16.3. The van der Waals surface area contributed by atoms with Crippen molar-refractivity contribution in [2.24, 2.45) is 0 Å². The summed E-state index contributed by atoms with van der Waals surface area (Å²) in [5.74, 6) is 0.276. The molecule has 1 aromatic rings. The zero-order valence-corrected chi connectivity index (χ0v) is 9.27. The fourth-order valence-corrected chi connectivity index (χ4v) is 1.54. The Bertz CT molecular complexity index is 297. The number of aromatic hydroxyl groups is 1. The van der Waals surface area contributed by atoms with Gasteiger partial charge in [-0.25, -0.2) is 0 Å². The van der Waals surface area contributed by atoms with Gasteiger partial charge in [-0.1, -0.05) is 19.1 Å². The summed E-state index contributed by atoms with van der Waals surface area (Å²) < 4.78 is 0. The van der Waals surface area contributed by atoms with Crippen molar-refractivity contribution in [3.05, 3.63) is 29.8 Å². The van der Waals surface area contributed by atoms with Gasteiger partial charge >= 0.3 is 0 Å². The van der Waals surface area contributed by atoms with Gasteiger partial charge in [0.15, 0.2) is 0 Å². The molecular weight excluding hydrogens is 190 g/mol. The van der Waals surface area contributed by atoms with E-state index in [1.54, 1.807) is 12.1 Å². The molecule has 1 aromatic carbocycles. The van der Waals surface area contributed by atoms with E-state index in [-0.39, 0.29) is 24.4 Å². The van der Waals surface area contributed by atoms with E-state index in [4.69, 9.17) is 5.11 Å². The van der Waals surface area contributed by atoms with Gasteiger partial charge in [0.05, 0.1) is 6.61 Å². The predicted octanol–water partition coefficient (Wildman–Crippen LogP) is 1.81. The Balaban J connectivity index is 2.64. The van der Waals surface area contributed by atoms with Crippen molar-refractivity contribution in [2.75, 3.05) is 6.61 Å². The molecule has 84 valence electrons. The summed E-state index contributed by atoms with van der Waals surface area (Å²) in [4.78, 5) is 0. The number of phenols is 1. The van der Waals surface area contributed by atoms with Gasteiger partial charge < -0.3 is 15.5 Å². The summed E-state index contributed by atoms with van der Waals surface area (Å²) in [7, 11) is 0. The number of nitrogens with one attached hydrogen (secondary N) is 1. The van der Waals surface area contributed by atoms with Crippen LogP contribution in [0.1, 0.15) is 31.9 Å². The summed E-state index contributed by atoms with van der Waals surface area (Å²) in [6.07, 6.45) is 0.889. The molecule has 2 atom stereocenters. The topological polar surface area (TPSA) is 52.5 Å². The molecule has 0 bridgehead atoms. The number of phenolic OH excluding ortho intramolecular Hbond substituents is 1. The van der Waals surface area contributed by atoms with Crippen LogP contribution in [0.25, 0.3) is 0 Å². The monoisotopic (exact) mass is 209 g/mol. The van der Waals surface area contributed by atoms with E-state index in [9.17, 15) is 5.11 Å². The van der Waals surface area contributed by atoms with Crippen molar-refractivity contribution < 1.29 is 10.2 Å². The molecule has 0 aromatic heterocycles. The molecule has 0 saturated carbocycles. The second-order valence-electron chi connectivity index (χ2n) is 3.77. The third-order valence-electron chi connectivity index (χ3n) is 2.57. The molecule has 3 heteroatoms. The first-order valence-corrected chi connectivity index (χ1v) is 5.33. The van der Waals surface area contributed by atoms with Crippen LogP contribution in [0.4, 0.5) is 0 Å². The number of aliphatic hydroxyl groups excluding tert-OH is 1. The first-order chi connectivity index (χ1) is 7.17. The highest BCUT2D eigenvalue weighted by molar-refractivity contribution is 5.29. The largest absolute Gasteiger partial charge is 0.508 e. The van der Waals surface area contributed by atoms with Gasteiger partial charge in [-0.3, -0.25) is 0 Å². The first kappa shape index (κ1) is 12.0. The van der Waals surface area contributed by atoms with Crippen LogP contribution in [0.15, 0.2) is 24.3 Å². The van der Waals surface area contributed by atoms with Gasteiger partial charge in [0.1, 0.15) is 5.75 Å². The maximum absolute atomic E-state index is 9.33. The van der Waals surface area contributed by atoms with E-state index in [0.29, 0.717) is 0 Å². The highest BCUT2D eigenvalue weighted by Crippen LogP contribution is 2.18. The summed E-state index contributed by atoms with van der Waals surface area (Å²) in [5, 5.41) is 21.7. The second-order valence-corrected chi connectivity index (χ2v) is 3.77. The molecule has 0 aliphatic carbocycles. The normalized spacial score (nSPS) is 14.9. The summed E-state index contributed by atoms with van der Waals surface area (Å²) in [5.41, 5.74) is 1.03. The van der Waals surface area contributed by atoms with E-state index < -0.39 is 0 Å². The average molecular weight is 209 g/mol. The van der Waals surface area contributed by atoms with E-state index in [0.717, 1.165) is 12.0 Å². The summed E-state index contributed by atoms with van der Waals surface area (Å²) in [6, 6.07) is 7.42. The molecule has 0 amide bonds. The van der Waals surface area contributed by atoms with Crippen molar-refractivity contribution in [1.29, 1.82) is 0 Å². The van der Waals surface area contributed by atoms with Crippen LogP contribution in [-0.2, 0) is 0 Å². The molecule has 0 aliphatic heterocycles. The Morgan fingerprint density at radius 1 is 1.40 bits per heavy atom. The lowest BCUT2D eigenvalue weighted by atomic mass is 10.1. The SMILES string of the molecule is CC[C@@H](CO)NC(C)c1cccc(O)c1. The zero-order valence-electron chi connectivity index (χ0n) is 9.27. The van der Waals surface area contributed by atoms with Crippen molar-refractivity contribution >= 4 is 0 Å². The van der Waals surface area contributed by atoms with Crippen LogP contribution >= 0.6 is 0 Å². The fourth-order valence-electron chi connectivity index (χ4n) is 1.54. The van der Waals surface area contributed by atoms with Gasteiger partial charge in [-0.15, -0.1) is 0 Å². The number of benzene rings is 1. The van der Waals surface area contributed by atoms with E-state index >= 15 is 0 Å². The Hall–Kier alpha value is -1.06. The minimum absolute atomic E-state index is 0.113. The van der Waals surface area contributed by atoms with Gasteiger partial charge in [-0.2, -0.15) is 0 Å². The molecule has 3 N–H and O–H groups in total. The van der Waals surface area contributed by atoms with Crippen molar-refractivity contribution in [2.45, 2.75) is 32.4 Å². The molecule has 1 unspecified atom stereocenters. The molecule has 0 spiro atoms. The fraction of sp³-hybridized carbons (Fsp3) is 0.500. The van der Waals surface area contributed by atoms with Crippen LogP contribution in [0.2, 0.25) is 0 Å². The standard InChI is InChI=1S/C12H19NO2/c1-3-11(8-14)13-9(2)10-5-4-6-12(15)7-10/h4-7,9,11,13-15H,3,8H2,1-2H3/t9?,11-/m0/s1. The lowest BCUT2D eigenvalue weighted by Gasteiger charge is -2.20. The molecule has 0 heterocycles. The van der Waals surface area contributed by atoms with E-state index in [1.165, 1.54) is 0 Å². The lowest BCUT2D eigenvalue weighted by Crippen LogP contribution is -2.33. The summed E-state index contributed by atoms with van der Waals surface area (Å²) in [6.45, 7) is 4.19. The quantitative estimate of drug-likeness (QED) is 0.693. The average Bonchev–Trinajstić information content (AvgIpc) is 2.25. The highest BCUT2D eigenvalue weighted by Gasteiger charge is 2.10. The van der Waals surface area contributed by atoms with Crippen LogP contribution in [0.3, 0.4) is 0 Å². The van der Waals surface area contributed by atoms with E-state index in [1.807, 2.05) is 26.0 Å². The van der Waals surface area contributed by atoms with Crippen LogP contribution in [0.5, 0.6) is 5.75 Å². The predicted molar refractivity (Wildman–Crippen MR) is 60.8 cm³/mol. The van der Waals surface area contributed by atoms with Crippen LogP contribution < -0.4 is 5.32 Å².